The fraction of sp³-hybridized carbons (Fsp3) is 0.333. The van der Waals surface area contributed by atoms with E-state index in [9.17, 15) is 4.79 Å². The van der Waals surface area contributed by atoms with E-state index in [0.29, 0.717) is 6.04 Å². The van der Waals surface area contributed by atoms with E-state index in [1.165, 1.54) is 23.8 Å². The number of imidazole rings is 1. The molecular formula is C21H24N4O. The molecule has 1 N–H and O–H groups in total. The predicted octanol–water partition coefficient (Wildman–Crippen LogP) is 3.44. The Labute approximate surface area is 153 Å². The molecule has 3 aromatic rings. The molecule has 4 rings (SSSR count). The van der Waals surface area contributed by atoms with Crippen LogP contribution in [0.3, 0.4) is 0 Å². The van der Waals surface area contributed by atoms with Crippen molar-refractivity contribution in [2.24, 2.45) is 0 Å². The summed E-state index contributed by atoms with van der Waals surface area (Å²) in [6.07, 6.45) is 0.957. The Balaban J connectivity index is 1.49. The van der Waals surface area contributed by atoms with Crippen molar-refractivity contribution in [3.63, 3.8) is 0 Å². The molecule has 26 heavy (non-hydrogen) atoms. The maximum absolute atomic E-state index is 11.1. The first-order chi connectivity index (χ1) is 12.6. The molecule has 1 atom stereocenters. The van der Waals surface area contributed by atoms with Crippen LogP contribution in [0.2, 0.25) is 0 Å². The third-order valence-electron chi connectivity index (χ3n) is 5.11. The fourth-order valence-corrected chi connectivity index (χ4v) is 3.74. The molecule has 5 nitrogen and oxygen atoms in total. The van der Waals surface area contributed by atoms with Gasteiger partial charge in [-0.25, -0.2) is 4.98 Å². The van der Waals surface area contributed by atoms with Crippen LogP contribution in [0.4, 0.5) is 5.69 Å². The number of nitrogens with one attached hydrogen (secondary N) is 1. The van der Waals surface area contributed by atoms with Gasteiger partial charge in [-0.05, 0) is 36.8 Å². The molecule has 0 bridgehead atoms. The maximum atomic E-state index is 11.1. The molecule has 2 aromatic carbocycles. The van der Waals surface area contributed by atoms with Crippen LogP contribution in [0, 0.1) is 0 Å². The zero-order chi connectivity index (χ0) is 18.1. The van der Waals surface area contributed by atoms with Crippen molar-refractivity contribution < 1.29 is 4.79 Å². The van der Waals surface area contributed by atoms with Crippen LogP contribution < -0.4 is 5.32 Å². The number of benzene rings is 2. The average Bonchev–Trinajstić information content (AvgIpc) is 2.88. The first-order valence-electron chi connectivity index (χ1n) is 9.15. The molecule has 0 spiro atoms. The SMILES string of the molecule is CC(=O)Nc1ccc(CN2CCn3c(nc4ccccc43)CC2C)cc1. The van der Waals surface area contributed by atoms with Crippen molar-refractivity contribution in [3.05, 3.63) is 59.9 Å². The molecule has 0 fully saturated rings. The Bertz CT molecular complexity index is 929. The van der Waals surface area contributed by atoms with E-state index in [2.05, 4.69) is 58.1 Å². The van der Waals surface area contributed by atoms with E-state index in [1.807, 2.05) is 12.1 Å². The van der Waals surface area contributed by atoms with E-state index in [4.69, 9.17) is 4.98 Å². The lowest BCUT2D eigenvalue weighted by molar-refractivity contribution is -0.114. The van der Waals surface area contributed by atoms with E-state index in [1.54, 1.807) is 0 Å². The van der Waals surface area contributed by atoms with Crippen LogP contribution in [0.5, 0.6) is 0 Å². The minimum absolute atomic E-state index is 0.0412. The highest BCUT2D eigenvalue weighted by molar-refractivity contribution is 5.88. The summed E-state index contributed by atoms with van der Waals surface area (Å²) in [6.45, 7) is 6.68. The van der Waals surface area contributed by atoms with Gasteiger partial charge in [-0.15, -0.1) is 0 Å². The van der Waals surface area contributed by atoms with Crippen LogP contribution in [-0.2, 0) is 24.3 Å². The van der Waals surface area contributed by atoms with E-state index in [-0.39, 0.29) is 5.91 Å². The lowest BCUT2D eigenvalue weighted by atomic mass is 10.1. The number of fused-ring (bicyclic) bond motifs is 3. The number of hydrogen-bond acceptors (Lipinski definition) is 3. The summed E-state index contributed by atoms with van der Waals surface area (Å²) < 4.78 is 2.37. The van der Waals surface area contributed by atoms with E-state index >= 15 is 0 Å². The lowest BCUT2D eigenvalue weighted by Gasteiger charge is -2.26. The second kappa shape index (κ2) is 6.92. The van der Waals surface area contributed by atoms with Crippen LogP contribution in [0.25, 0.3) is 11.0 Å². The number of carbonyl (C=O) groups excluding carboxylic acids is 1. The number of anilines is 1. The van der Waals surface area contributed by atoms with Gasteiger partial charge < -0.3 is 9.88 Å². The number of nitrogens with zero attached hydrogens (tertiary/aromatic N) is 3. The van der Waals surface area contributed by atoms with Crippen LogP contribution in [0.15, 0.2) is 48.5 Å². The second-order valence-corrected chi connectivity index (χ2v) is 7.07. The number of carbonyl (C=O) groups is 1. The number of aromatic nitrogens is 2. The molecule has 1 amide bonds. The normalized spacial score (nSPS) is 17.7. The zero-order valence-corrected chi connectivity index (χ0v) is 15.3. The van der Waals surface area contributed by atoms with Crippen LogP contribution >= 0.6 is 0 Å². The smallest absolute Gasteiger partial charge is 0.221 e. The number of rotatable bonds is 3. The molecule has 0 saturated carbocycles. The number of hydrogen-bond donors (Lipinski definition) is 1. The second-order valence-electron chi connectivity index (χ2n) is 7.07. The average molecular weight is 348 g/mol. The molecule has 134 valence electrons. The van der Waals surface area contributed by atoms with Gasteiger partial charge in [0.25, 0.3) is 0 Å². The van der Waals surface area contributed by atoms with Gasteiger partial charge in [-0.3, -0.25) is 9.69 Å². The summed E-state index contributed by atoms with van der Waals surface area (Å²) in [5.41, 5.74) is 4.43. The summed E-state index contributed by atoms with van der Waals surface area (Å²) in [7, 11) is 0. The minimum atomic E-state index is -0.0412. The van der Waals surface area contributed by atoms with Crippen molar-refractivity contribution in [2.75, 3.05) is 11.9 Å². The van der Waals surface area contributed by atoms with Crippen LogP contribution in [-0.4, -0.2) is 32.9 Å². The van der Waals surface area contributed by atoms with Crippen LogP contribution in [0.1, 0.15) is 25.2 Å². The summed E-state index contributed by atoms with van der Waals surface area (Å²) in [6, 6.07) is 16.9. The number of para-hydroxylation sites is 2. The van der Waals surface area contributed by atoms with E-state index < -0.39 is 0 Å². The summed E-state index contributed by atoms with van der Waals surface area (Å²) in [5.74, 6) is 1.14. The van der Waals surface area contributed by atoms with Gasteiger partial charge in [0, 0.05) is 44.7 Å². The maximum Gasteiger partial charge on any atom is 0.221 e. The van der Waals surface area contributed by atoms with Crippen molar-refractivity contribution in [2.45, 2.75) is 39.4 Å². The van der Waals surface area contributed by atoms with Gasteiger partial charge in [0.1, 0.15) is 5.82 Å². The van der Waals surface area contributed by atoms with Gasteiger partial charge in [-0.1, -0.05) is 24.3 Å². The first kappa shape index (κ1) is 16.8. The topological polar surface area (TPSA) is 50.2 Å². The molecular weight excluding hydrogens is 324 g/mol. The molecule has 1 unspecified atom stereocenters. The molecule has 0 aliphatic carbocycles. The highest BCUT2D eigenvalue weighted by atomic mass is 16.1. The Morgan fingerprint density at radius 2 is 1.92 bits per heavy atom. The van der Waals surface area contributed by atoms with Crippen molar-refractivity contribution >= 4 is 22.6 Å². The largest absolute Gasteiger partial charge is 0.327 e. The third-order valence-corrected chi connectivity index (χ3v) is 5.11. The monoisotopic (exact) mass is 348 g/mol. The summed E-state index contributed by atoms with van der Waals surface area (Å²) >= 11 is 0. The summed E-state index contributed by atoms with van der Waals surface area (Å²) in [5, 5.41) is 2.82. The van der Waals surface area contributed by atoms with Gasteiger partial charge in [0.05, 0.1) is 11.0 Å². The lowest BCUT2D eigenvalue weighted by Crippen LogP contribution is -2.34. The van der Waals surface area contributed by atoms with Gasteiger partial charge >= 0.3 is 0 Å². The Morgan fingerprint density at radius 3 is 2.69 bits per heavy atom. The third kappa shape index (κ3) is 3.35. The minimum Gasteiger partial charge on any atom is -0.327 e. The first-order valence-corrected chi connectivity index (χ1v) is 9.15. The Hall–Kier alpha value is -2.66. The zero-order valence-electron chi connectivity index (χ0n) is 15.3. The van der Waals surface area contributed by atoms with E-state index in [0.717, 1.165) is 37.3 Å². The highest BCUT2D eigenvalue weighted by Crippen LogP contribution is 2.22. The Morgan fingerprint density at radius 1 is 1.15 bits per heavy atom. The molecule has 1 aromatic heterocycles. The van der Waals surface area contributed by atoms with Gasteiger partial charge in [0.15, 0.2) is 0 Å². The van der Waals surface area contributed by atoms with Gasteiger partial charge in [0.2, 0.25) is 5.91 Å². The molecule has 2 heterocycles. The fourth-order valence-electron chi connectivity index (χ4n) is 3.74. The molecule has 1 aliphatic heterocycles. The molecule has 0 saturated heterocycles. The Kier molecular flexibility index (Phi) is 4.47. The van der Waals surface area contributed by atoms with Crippen molar-refractivity contribution in [1.29, 1.82) is 0 Å². The van der Waals surface area contributed by atoms with Crippen molar-refractivity contribution in [1.82, 2.24) is 14.5 Å². The predicted molar refractivity (Wildman–Crippen MR) is 104 cm³/mol. The highest BCUT2D eigenvalue weighted by Gasteiger charge is 2.23. The molecule has 5 heteroatoms. The number of amides is 1. The summed E-state index contributed by atoms with van der Waals surface area (Å²) in [4.78, 5) is 18.5. The standard InChI is InChI=1S/C21H24N4O/c1-15-13-21-23-19-5-3-4-6-20(19)25(21)12-11-24(15)14-17-7-9-18(10-8-17)22-16(2)26/h3-10,15H,11-14H2,1-2H3,(H,22,26). The molecule has 0 radical (unpaired) electrons. The quantitative estimate of drug-likeness (QED) is 0.789. The van der Waals surface area contributed by atoms with Gasteiger partial charge in [-0.2, -0.15) is 0 Å². The molecule has 1 aliphatic rings. The van der Waals surface area contributed by atoms with Crippen molar-refractivity contribution in [3.8, 4) is 0 Å².